The lowest BCUT2D eigenvalue weighted by Crippen LogP contribution is -2.21. The van der Waals surface area contributed by atoms with E-state index in [9.17, 15) is 9.59 Å². The Hall–Kier alpha value is -2.82. The lowest BCUT2D eigenvalue weighted by atomic mass is 10.1. The second kappa shape index (κ2) is 6.09. The van der Waals surface area contributed by atoms with Gasteiger partial charge in [-0.05, 0) is 43.2 Å². The van der Waals surface area contributed by atoms with Crippen LogP contribution in [0.5, 0.6) is 0 Å². The Morgan fingerprint density at radius 2 is 1.52 bits per heavy atom. The topological polar surface area (TPSA) is 78.4 Å². The Kier molecular flexibility index (Phi) is 4.23. The van der Waals surface area contributed by atoms with Gasteiger partial charge in [0.2, 0.25) is 0 Å². The summed E-state index contributed by atoms with van der Waals surface area (Å²) in [6.45, 7) is 3.87. The number of hydrogen-bond acceptors (Lipinski definition) is 2. The van der Waals surface area contributed by atoms with Crippen LogP contribution in [0.1, 0.15) is 21.5 Å². The highest BCUT2D eigenvalue weighted by atomic mass is 16.4. The molecule has 0 spiro atoms. The first-order valence-electron chi connectivity index (χ1n) is 6.45. The third-order valence-electron chi connectivity index (χ3n) is 3.26. The molecule has 108 valence electrons. The van der Waals surface area contributed by atoms with Gasteiger partial charge in [0.05, 0.1) is 11.3 Å². The zero-order valence-electron chi connectivity index (χ0n) is 11.8. The molecule has 21 heavy (non-hydrogen) atoms. The standard InChI is InChI=1S/C16H16N2O3/c1-10-6-5-9-13(11(10)2)17-16(21)18-14-8-4-3-7-12(14)15(19)20/h3-9H,1-2H3,(H,19,20)(H2,17,18,21). The predicted octanol–water partition coefficient (Wildman–Crippen LogP) is 3.65. The summed E-state index contributed by atoms with van der Waals surface area (Å²) in [6.07, 6.45) is 0. The minimum Gasteiger partial charge on any atom is -0.478 e. The summed E-state index contributed by atoms with van der Waals surface area (Å²) >= 11 is 0. The summed E-state index contributed by atoms with van der Waals surface area (Å²) < 4.78 is 0. The number of aryl methyl sites for hydroxylation is 1. The molecule has 0 aliphatic rings. The largest absolute Gasteiger partial charge is 0.478 e. The van der Waals surface area contributed by atoms with Gasteiger partial charge >= 0.3 is 12.0 Å². The minimum atomic E-state index is -1.09. The number of benzene rings is 2. The SMILES string of the molecule is Cc1cccc(NC(=O)Nc2ccccc2C(=O)O)c1C. The molecule has 0 saturated heterocycles. The van der Waals surface area contributed by atoms with Crippen LogP contribution in [0.4, 0.5) is 16.2 Å². The zero-order chi connectivity index (χ0) is 15.4. The molecule has 5 nitrogen and oxygen atoms in total. The van der Waals surface area contributed by atoms with Crippen LogP contribution in [0.25, 0.3) is 0 Å². The number of nitrogens with one attached hydrogen (secondary N) is 2. The van der Waals surface area contributed by atoms with Crippen molar-refractivity contribution in [1.82, 2.24) is 0 Å². The number of carboxylic acids is 1. The van der Waals surface area contributed by atoms with Gasteiger partial charge in [-0.25, -0.2) is 9.59 Å². The minimum absolute atomic E-state index is 0.0496. The molecule has 0 saturated carbocycles. The second-order valence-electron chi connectivity index (χ2n) is 4.68. The van der Waals surface area contributed by atoms with E-state index in [1.807, 2.05) is 26.0 Å². The lowest BCUT2D eigenvalue weighted by molar-refractivity contribution is 0.0698. The predicted molar refractivity (Wildman–Crippen MR) is 82.0 cm³/mol. The van der Waals surface area contributed by atoms with E-state index >= 15 is 0 Å². The van der Waals surface area contributed by atoms with Gasteiger partial charge in [-0.1, -0.05) is 24.3 Å². The summed E-state index contributed by atoms with van der Waals surface area (Å²) in [4.78, 5) is 23.1. The van der Waals surface area contributed by atoms with Gasteiger partial charge in [-0.2, -0.15) is 0 Å². The van der Waals surface area contributed by atoms with Gasteiger partial charge in [0.1, 0.15) is 0 Å². The molecule has 0 fully saturated rings. The summed E-state index contributed by atoms with van der Waals surface area (Å²) in [5.41, 5.74) is 3.04. The molecule has 0 aromatic heterocycles. The van der Waals surface area contributed by atoms with E-state index in [4.69, 9.17) is 5.11 Å². The molecule has 2 aromatic carbocycles. The average Bonchev–Trinajstić information content (AvgIpc) is 2.44. The average molecular weight is 284 g/mol. The van der Waals surface area contributed by atoms with Crippen molar-refractivity contribution >= 4 is 23.4 Å². The zero-order valence-corrected chi connectivity index (χ0v) is 11.8. The molecule has 0 aliphatic carbocycles. The van der Waals surface area contributed by atoms with Crippen LogP contribution >= 0.6 is 0 Å². The van der Waals surface area contributed by atoms with E-state index in [0.717, 1.165) is 11.1 Å². The van der Waals surface area contributed by atoms with E-state index in [-0.39, 0.29) is 11.3 Å². The van der Waals surface area contributed by atoms with Crippen LogP contribution in [-0.4, -0.2) is 17.1 Å². The number of para-hydroxylation sites is 1. The molecule has 5 heteroatoms. The fraction of sp³-hybridized carbons (Fsp3) is 0.125. The number of rotatable bonds is 3. The molecule has 0 unspecified atom stereocenters. The normalized spacial score (nSPS) is 10.0. The molecule has 0 aliphatic heterocycles. The second-order valence-corrected chi connectivity index (χ2v) is 4.68. The van der Waals surface area contributed by atoms with E-state index in [1.165, 1.54) is 6.07 Å². The number of anilines is 2. The molecule has 2 amide bonds. The number of carbonyl (C=O) groups is 2. The first-order valence-corrected chi connectivity index (χ1v) is 6.45. The van der Waals surface area contributed by atoms with Crippen LogP contribution in [0.3, 0.4) is 0 Å². The van der Waals surface area contributed by atoms with E-state index in [0.29, 0.717) is 5.69 Å². The monoisotopic (exact) mass is 284 g/mol. The number of hydrogen-bond donors (Lipinski definition) is 3. The first kappa shape index (κ1) is 14.6. The molecule has 0 atom stereocenters. The Labute approximate surface area is 122 Å². The first-order chi connectivity index (χ1) is 9.99. The van der Waals surface area contributed by atoms with Gasteiger partial charge in [0.15, 0.2) is 0 Å². The maximum atomic E-state index is 12.0. The van der Waals surface area contributed by atoms with Crippen molar-refractivity contribution in [3.63, 3.8) is 0 Å². The number of aromatic carboxylic acids is 1. The van der Waals surface area contributed by atoms with Crippen LogP contribution in [0.2, 0.25) is 0 Å². The molecule has 0 bridgehead atoms. The summed E-state index contributed by atoms with van der Waals surface area (Å²) in [5, 5.41) is 14.4. The molecular weight excluding hydrogens is 268 g/mol. The maximum absolute atomic E-state index is 12.0. The third-order valence-corrected chi connectivity index (χ3v) is 3.26. The van der Waals surface area contributed by atoms with Gasteiger partial charge in [0, 0.05) is 5.69 Å². The fourth-order valence-corrected chi connectivity index (χ4v) is 1.94. The van der Waals surface area contributed by atoms with E-state index in [2.05, 4.69) is 10.6 Å². The molecule has 0 heterocycles. The number of amides is 2. The summed E-state index contributed by atoms with van der Waals surface area (Å²) in [5.74, 6) is -1.09. The van der Waals surface area contributed by atoms with Crippen molar-refractivity contribution in [1.29, 1.82) is 0 Å². The number of carbonyl (C=O) groups excluding carboxylic acids is 1. The lowest BCUT2D eigenvalue weighted by Gasteiger charge is -2.12. The highest BCUT2D eigenvalue weighted by Crippen LogP contribution is 2.19. The Morgan fingerprint density at radius 3 is 2.24 bits per heavy atom. The van der Waals surface area contributed by atoms with Crippen molar-refractivity contribution < 1.29 is 14.7 Å². The quantitative estimate of drug-likeness (QED) is 0.805. The van der Waals surface area contributed by atoms with Crippen molar-refractivity contribution in [2.45, 2.75) is 13.8 Å². The maximum Gasteiger partial charge on any atom is 0.337 e. The van der Waals surface area contributed by atoms with Crippen molar-refractivity contribution in [3.8, 4) is 0 Å². The van der Waals surface area contributed by atoms with Crippen molar-refractivity contribution in [2.75, 3.05) is 10.6 Å². The summed E-state index contributed by atoms with van der Waals surface area (Å²) in [6, 6.07) is 11.4. The Balaban J connectivity index is 2.16. The van der Waals surface area contributed by atoms with Crippen molar-refractivity contribution in [2.24, 2.45) is 0 Å². The van der Waals surface area contributed by atoms with Crippen LogP contribution in [-0.2, 0) is 0 Å². The van der Waals surface area contributed by atoms with Gasteiger partial charge in [-0.15, -0.1) is 0 Å². The molecule has 3 N–H and O–H groups in total. The van der Waals surface area contributed by atoms with Gasteiger partial charge < -0.3 is 15.7 Å². The smallest absolute Gasteiger partial charge is 0.337 e. The summed E-state index contributed by atoms with van der Waals surface area (Å²) in [7, 11) is 0. The highest BCUT2D eigenvalue weighted by molar-refractivity contribution is 6.04. The Morgan fingerprint density at radius 1 is 0.905 bits per heavy atom. The van der Waals surface area contributed by atoms with Crippen LogP contribution in [0.15, 0.2) is 42.5 Å². The van der Waals surface area contributed by atoms with Gasteiger partial charge in [-0.3, -0.25) is 0 Å². The molecule has 2 rings (SSSR count). The molecule has 2 aromatic rings. The van der Waals surface area contributed by atoms with Crippen molar-refractivity contribution in [3.05, 3.63) is 59.2 Å². The molecular formula is C16H16N2O3. The van der Waals surface area contributed by atoms with E-state index in [1.54, 1.807) is 24.3 Å². The van der Waals surface area contributed by atoms with E-state index < -0.39 is 12.0 Å². The Bertz CT molecular complexity index is 696. The van der Waals surface area contributed by atoms with Crippen LogP contribution in [0, 0.1) is 13.8 Å². The van der Waals surface area contributed by atoms with Gasteiger partial charge in [0.25, 0.3) is 0 Å². The molecule has 0 radical (unpaired) electrons. The third kappa shape index (κ3) is 3.39. The number of carboxylic acid groups (broad SMARTS) is 1. The van der Waals surface area contributed by atoms with Crippen LogP contribution < -0.4 is 10.6 Å². The number of urea groups is 1. The highest BCUT2D eigenvalue weighted by Gasteiger charge is 2.12. The fourth-order valence-electron chi connectivity index (χ4n) is 1.94.